The van der Waals surface area contributed by atoms with Crippen molar-refractivity contribution in [2.24, 2.45) is 11.8 Å². The zero-order valence-corrected chi connectivity index (χ0v) is 17.4. The number of carbonyl (C=O) groups excluding carboxylic acids is 1. The normalized spacial score (nSPS) is 20.2. The Bertz CT molecular complexity index is 814. The molecular weight excluding hydrogens is 388 g/mol. The molecule has 3 heterocycles. The minimum Gasteiger partial charge on any atom is -0.348 e. The van der Waals surface area contributed by atoms with Crippen LogP contribution < -0.4 is 5.32 Å². The largest absolute Gasteiger partial charge is 0.348 e. The van der Waals surface area contributed by atoms with Crippen molar-refractivity contribution in [2.75, 3.05) is 13.1 Å². The molecule has 0 saturated carbocycles. The number of nitrogens with one attached hydrogen (secondary N) is 1. The van der Waals surface area contributed by atoms with Crippen LogP contribution in [0.2, 0.25) is 0 Å². The number of nitrogens with zero attached hydrogens (tertiary/aromatic N) is 1. The zero-order valence-electron chi connectivity index (χ0n) is 14.9. The van der Waals surface area contributed by atoms with Crippen LogP contribution in [0.5, 0.6) is 0 Å². The molecule has 1 N–H and O–H groups in total. The Hall–Kier alpha value is -1.22. The van der Waals surface area contributed by atoms with Crippen LogP contribution in [0.1, 0.15) is 37.6 Å². The average Bonchev–Trinajstić information content (AvgIpc) is 3.32. The Balaban J connectivity index is 1.70. The number of thiophene rings is 2. The third-order valence-electron chi connectivity index (χ3n) is 4.66. The third-order valence-corrected chi connectivity index (χ3v) is 8.85. The van der Waals surface area contributed by atoms with Gasteiger partial charge in [0.1, 0.15) is 4.21 Å². The molecule has 5 nitrogen and oxygen atoms in total. The van der Waals surface area contributed by atoms with Crippen LogP contribution in [-0.4, -0.2) is 31.7 Å². The van der Waals surface area contributed by atoms with Crippen molar-refractivity contribution >= 4 is 38.6 Å². The Morgan fingerprint density at radius 2 is 1.96 bits per heavy atom. The summed E-state index contributed by atoms with van der Waals surface area (Å²) in [6, 6.07) is 7.34. The van der Waals surface area contributed by atoms with Gasteiger partial charge in [-0.3, -0.25) is 4.79 Å². The zero-order chi connectivity index (χ0) is 18.7. The van der Waals surface area contributed by atoms with Gasteiger partial charge in [0.05, 0.1) is 12.0 Å². The van der Waals surface area contributed by atoms with Gasteiger partial charge in [0.2, 0.25) is 5.91 Å². The number of hydrogen-bond donors (Lipinski definition) is 1. The number of piperidine rings is 1. The fourth-order valence-corrected chi connectivity index (χ4v) is 6.84. The molecule has 142 valence electrons. The Labute approximate surface area is 163 Å². The molecule has 1 aliphatic heterocycles. The van der Waals surface area contributed by atoms with E-state index in [-0.39, 0.29) is 30.3 Å². The van der Waals surface area contributed by atoms with Gasteiger partial charge in [-0.25, -0.2) is 8.42 Å². The molecule has 0 spiro atoms. The number of rotatable bonds is 6. The van der Waals surface area contributed by atoms with Crippen molar-refractivity contribution in [3.63, 3.8) is 0 Å². The van der Waals surface area contributed by atoms with Crippen molar-refractivity contribution < 1.29 is 13.2 Å². The molecule has 1 aliphatic rings. The van der Waals surface area contributed by atoms with Crippen LogP contribution in [0.15, 0.2) is 39.2 Å². The quantitative estimate of drug-likeness (QED) is 0.786. The van der Waals surface area contributed by atoms with Crippen molar-refractivity contribution in [1.82, 2.24) is 9.62 Å². The van der Waals surface area contributed by atoms with Crippen LogP contribution in [0.4, 0.5) is 0 Å². The summed E-state index contributed by atoms with van der Waals surface area (Å²) in [5, 5.41) is 6.91. The van der Waals surface area contributed by atoms with Gasteiger partial charge < -0.3 is 5.32 Å². The van der Waals surface area contributed by atoms with E-state index in [2.05, 4.69) is 19.2 Å². The van der Waals surface area contributed by atoms with Crippen molar-refractivity contribution in [3.8, 4) is 0 Å². The lowest BCUT2D eigenvalue weighted by atomic mass is 9.96. The maximum absolute atomic E-state index is 12.8. The van der Waals surface area contributed by atoms with E-state index >= 15 is 0 Å². The Morgan fingerprint density at radius 1 is 1.23 bits per heavy atom. The molecule has 0 aromatic carbocycles. The van der Waals surface area contributed by atoms with Crippen LogP contribution in [-0.2, 0) is 14.8 Å². The van der Waals surface area contributed by atoms with Gasteiger partial charge in [0, 0.05) is 18.0 Å². The lowest BCUT2D eigenvalue weighted by molar-refractivity contribution is -0.127. The Morgan fingerprint density at radius 3 is 2.58 bits per heavy atom. The molecule has 2 aromatic rings. The highest BCUT2D eigenvalue weighted by atomic mass is 32.2. The second-order valence-corrected chi connectivity index (χ2v) is 11.0. The molecule has 1 amide bonds. The van der Waals surface area contributed by atoms with E-state index in [0.29, 0.717) is 17.2 Å². The summed E-state index contributed by atoms with van der Waals surface area (Å²) in [5.74, 6) is -0.0879. The fraction of sp³-hybridized carbons (Fsp3) is 0.500. The maximum atomic E-state index is 12.8. The molecule has 1 saturated heterocycles. The third kappa shape index (κ3) is 4.19. The molecule has 0 bridgehead atoms. The number of carbonyl (C=O) groups is 1. The van der Waals surface area contributed by atoms with E-state index in [1.165, 1.54) is 15.6 Å². The van der Waals surface area contributed by atoms with Gasteiger partial charge in [-0.2, -0.15) is 4.31 Å². The van der Waals surface area contributed by atoms with Crippen molar-refractivity contribution in [1.29, 1.82) is 0 Å². The van der Waals surface area contributed by atoms with Crippen LogP contribution >= 0.6 is 22.7 Å². The predicted molar refractivity (Wildman–Crippen MR) is 106 cm³/mol. The summed E-state index contributed by atoms with van der Waals surface area (Å²) in [5.41, 5.74) is 0. The molecule has 3 rings (SSSR count). The standard InChI is InChI=1S/C18H24N2O3S3/c1-13(2)17(15-7-4-10-24-15)19-18(21)14-6-3-9-20(12-14)26(22,23)16-8-5-11-25-16/h4-5,7-8,10-11,13-14,17H,3,6,9,12H2,1-2H3,(H,19,21)/t14-,17-/m1/s1. The highest BCUT2D eigenvalue weighted by molar-refractivity contribution is 7.91. The molecular formula is C18H24N2O3S3. The van der Waals surface area contributed by atoms with Crippen LogP contribution in [0.3, 0.4) is 0 Å². The molecule has 0 unspecified atom stereocenters. The van der Waals surface area contributed by atoms with E-state index in [9.17, 15) is 13.2 Å². The molecule has 0 aliphatic carbocycles. The van der Waals surface area contributed by atoms with Gasteiger partial charge in [0.15, 0.2) is 0 Å². The minimum absolute atomic E-state index is 0.0354. The van der Waals surface area contributed by atoms with Gasteiger partial charge >= 0.3 is 0 Å². The van der Waals surface area contributed by atoms with E-state index in [1.54, 1.807) is 28.8 Å². The Kier molecular flexibility index (Phi) is 6.17. The first-order valence-corrected chi connectivity index (χ1v) is 12.0. The van der Waals surface area contributed by atoms with Crippen molar-refractivity contribution in [2.45, 2.75) is 36.9 Å². The topological polar surface area (TPSA) is 66.5 Å². The van der Waals surface area contributed by atoms with E-state index in [1.807, 2.05) is 17.5 Å². The van der Waals surface area contributed by atoms with E-state index in [0.717, 1.165) is 11.3 Å². The number of amides is 1. The second kappa shape index (κ2) is 8.21. The van der Waals surface area contributed by atoms with E-state index < -0.39 is 10.0 Å². The summed E-state index contributed by atoms with van der Waals surface area (Å²) in [4.78, 5) is 14.0. The van der Waals surface area contributed by atoms with Crippen molar-refractivity contribution in [3.05, 3.63) is 39.9 Å². The fourth-order valence-electron chi connectivity index (χ4n) is 3.22. The summed E-state index contributed by atoms with van der Waals surface area (Å²) in [6.45, 7) is 4.89. The SMILES string of the molecule is CC(C)[C@@H](NC(=O)[C@@H]1CCCN(S(=O)(=O)c2cccs2)C1)c1cccs1. The summed E-state index contributed by atoms with van der Waals surface area (Å²) in [7, 11) is -3.50. The molecule has 26 heavy (non-hydrogen) atoms. The first-order chi connectivity index (χ1) is 12.4. The van der Waals surface area contributed by atoms with E-state index in [4.69, 9.17) is 0 Å². The number of sulfonamides is 1. The summed E-state index contributed by atoms with van der Waals surface area (Å²) < 4.78 is 27.3. The molecule has 1 fully saturated rings. The first kappa shape index (κ1) is 19.5. The van der Waals surface area contributed by atoms with Gasteiger partial charge in [-0.1, -0.05) is 26.0 Å². The predicted octanol–water partition coefficient (Wildman–Crippen LogP) is 3.72. The summed E-state index contributed by atoms with van der Waals surface area (Å²) in [6.07, 6.45) is 1.42. The molecule has 8 heteroatoms. The van der Waals surface area contributed by atoms with Gasteiger partial charge in [-0.05, 0) is 41.7 Å². The van der Waals surface area contributed by atoms with Gasteiger partial charge in [0.25, 0.3) is 10.0 Å². The monoisotopic (exact) mass is 412 g/mol. The van der Waals surface area contributed by atoms with Crippen LogP contribution in [0, 0.1) is 11.8 Å². The van der Waals surface area contributed by atoms with Gasteiger partial charge in [-0.15, -0.1) is 22.7 Å². The first-order valence-electron chi connectivity index (χ1n) is 8.77. The smallest absolute Gasteiger partial charge is 0.252 e. The van der Waals surface area contributed by atoms with Crippen LogP contribution in [0.25, 0.3) is 0 Å². The molecule has 0 radical (unpaired) electrons. The highest BCUT2D eigenvalue weighted by Crippen LogP contribution is 2.29. The highest BCUT2D eigenvalue weighted by Gasteiger charge is 2.34. The second-order valence-electron chi connectivity index (χ2n) is 6.88. The lowest BCUT2D eigenvalue weighted by Gasteiger charge is -2.32. The summed E-state index contributed by atoms with van der Waals surface area (Å²) >= 11 is 2.85. The molecule has 2 atom stereocenters. The lowest BCUT2D eigenvalue weighted by Crippen LogP contribution is -2.46. The minimum atomic E-state index is -3.50. The number of hydrogen-bond acceptors (Lipinski definition) is 5. The maximum Gasteiger partial charge on any atom is 0.252 e. The molecule has 2 aromatic heterocycles. The average molecular weight is 413 g/mol.